The lowest BCUT2D eigenvalue weighted by Gasteiger charge is -2.13. The maximum atomic E-state index is 11.4. The number of ether oxygens (including phenoxy) is 2. The number of nitrogens with zero attached hydrogens (tertiary/aromatic N) is 1. The van der Waals surface area contributed by atoms with Crippen molar-refractivity contribution in [2.45, 2.75) is 26.8 Å². The van der Waals surface area contributed by atoms with Crippen LogP contribution in [0.5, 0.6) is 0 Å². The molecule has 0 atom stereocenters. The third kappa shape index (κ3) is 13.7. The molecule has 0 aliphatic heterocycles. The summed E-state index contributed by atoms with van der Waals surface area (Å²) in [5.74, 6) is 0.0361. The van der Waals surface area contributed by atoms with Gasteiger partial charge in [-0.2, -0.15) is 0 Å². The second-order valence-corrected chi connectivity index (χ2v) is 5.01. The normalized spacial score (nSPS) is 11.3. The molecule has 6 nitrogen and oxygen atoms in total. The topological polar surface area (TPSA) is 62.8 Å². The summed E-state index contributed by atoms with van der Waals surface area (Å²) in [7, 11) is 1.92. The summed E-state index contributed by atoms with van der Waals surface area (Å²) < 4.78 is 10.8. The zero-order valence-corrected chi connectivity index (χ0v) is 13.4. The average molecular weight is 289 g/mol. The number of amides is 1. The third-order valence-corrected chi connectivity index (χ3v) is 2.69. The van der Waals surface area contributed by atoms with Crippen molar-refractivity contribution in [2.24, 2.45) is 0 Å². The second kappa shape index (κ2) is 13.3. The molecule has 0 saturated heterocycles. The lowest BCUT2D eigenvalue weighted by molar-refractivity contribution is -0.122. The monoisotopic (exact) mass is 289 g/mol. The van der Waals surface area contributed by atoms with Crippen molar-refractivity contribution >= 4 is 5.91 Å². The predicted molar refractivity (Wildman–Crippen MR) is 81.0 cm³/mol. The number of carbonyl (C=O) groups is 1. The van der Waals surface area contributed by atoms with E-state index >= 15 is 0 Å². The van der Waals surface area contributed by atoms with Gasteiger partial charge in [-0.05, 0) is 13.6 Å². The summed E-state index contributed by atoms with van der Waals surface area (Å²) in [5, 5.41) is 6.09. The van der Waals surface area contributed by atoms with E-state index in [-0.39, 0.29) is 5.91 Å². The first-order valence-corrected chi connectivity index (χ1v) is 7.40. The Hall–Kier alpha value is -0.690. The van der Waals surface area contributed by atoms with Gasteiger partial charge < -0.3 is 20.1 Å². The minimum atomic E-state index is 0.0361. The lowest BCUT2D eigenvalue weighted by atomic mass is 10.4. The Kier molecular flexibility index (Phi) is 12.8. The molecule has 2 N–H and O–H groups in total. The summed E-state index contributed by atoms with van der Waals surface area (Å²) in [6.07, 6.45) is 0. The Morgan fingerprint density at radius 2 is 1.70 bits per heavy atom. The van der Waals surface area contributed by atoms with Crippen LogP contribution < -0.4 is 10.6 Å². The molecule has 0 aromatic carbocycles. The molecule has 0 aromatic heterocycles. The van der Waals surface area contributed by atoms with Gasteiger partial charge in [-0.25, -0.2) is 0 Å². The van der Waals surface area contributed by atoms with Crippen LogP contribution in [-0.2, 0) is 14.3 Å². The van der Waals surface area contributed by atoms with E-state index < -0.39 is 0 Å². The van der Waals surface area contributed by atoms with Crippen LogP contribution in [0.15, 0.2) is 0 Å². The van der Waals surface area contributed by atoms with Crippen molar-refractivity contribution in [2.75, 3.05) is 59.7 Å². The molecule has 0 aliphatic carbocycles. The summed E-state index contributed by atoms with van der Waals surface area (Å²) in [6.45, 7) is 11.3. The fourth-order valence-corrected chi connectivity index (χ4v) is 1.42. The number of likely N-dealkylation sites (N-methyl/N-ethyl adjacent to an activating group) is 1. The molecule has 1 amide bonds. The van der Waals surface area contributed by atoms with Crippen LogP contribution in [0.1, 0.15) is 20.8 Å². The average Bonchev–Trinajstić information content (AvgIpc) is 2.40. The van der Waals surface area contributed by atoms with Crippen molar-refractivity contribution in [1.29, 1.82) is 0 Å². The number of nitrogens with one attached hydrogen (secondary N) is 2. The van der Waals surface area contributed by atoms with E-state index in [1.807, 2.05) is 18.9 Å². The van der Waals surface area contributed by atoms with Gasteiger partial charge in [0, 0.05) is 19.1 Å². The molecule has 0 heterocycles. The number of hydrogen-bond donors (Lipinski definition) is 2. The van der Waals surface area contributed by atoms with Gasteiger partial charge in [-0.3, -0.25) is 9.69 Å². The molecule has 0 rings (SSSR count). The third-order valence-electron chi connectivity index (χ3n) is 2.69. The Labute approximate surface area is 123 Å². The van der Waals surface area contributed by atoms with Crippen molar-refractivity contribution in [3.8, 4) is 0 Å². The molecule has 0 saturated carbocycles. The summed E-state index contributed by atoms with van der Waals surface area (Å²) in [6, 6.07) is 0.491. The van der Waals surface area contributed by atoms with E-state index in [9.17, 15) is 4.79 Å². The van der Waals surface area contributed by atoms with Crippen LogP contribution in [0, 0.1) is 0 Å². The van der Waals surface area contributed by atoms with Gasteiger partial charge in [0.2, 0.25) is 5.91 Å². The molecule has 6 heteroatoms. The SMILES string of the molecule is CCN(C)CC(=O)NCCOCCOCCNC(C)C. The molecule has 0 bridgehead atoms. The minimum Gasteiger partial charge on any atom is -0.378 e. The highest BCUT2D eigenvalue weighted by atomic mass is 16.5. The number of hydrogen-bond acceptors (Lipinski definition) is 5. The molecule has 0 aromatic rings. The van der Waals surface area contributed by atoms with Gasteiger partial charge in [0.15, 0.2) is 0 Å². The maximum absolute atomic E-state index is 11.4. The fourth-order valence-electron chi connectivity index (χ4n) is 1.42. The van der Waals surface area contributed by atoms with Crippen molar-refractivity contribution in [1.82, 2.24) is 15.5 Å². The Bertz CT molecular complexity index is 238. The van der Waals surface area contributed by atoms with E-state index in [4.69, 9.17) is 9.47 Å². The zero-order chi connectivity index (χ0) is 15.2. The molecule has 120 valence electrons. The van der Waals surface area contributed by atoms with Crippen molar-refractivity contribution in [3.63, 3.8) is 0 Å². The smallest absolute Gasteiger partial charge is 0.234 e. The van der Waals surface area contributed by atoms with Crippen LogP contribution in [-0.4, -0.2) is 76.5 Å². The molecule has 0 radical (unpaired) electrons. The Morgan fingerprint density at radius 1 is 1.10 bits per heavy atom. The first-order chi connectivity index (χ1) is 9.56. The first-order valence-electron chi connectivity index (χ1n) is 7.40. The van der Waals surface area contributed by atoms with Gasteiger partial charge in [0.05, 0.1) is 33.0 Å². The molecule has 0 aliphatic rings. The highest BCUT2D eigenvalue weighted by Crippen LogP contribution is 1.82. The molecule has 0 unspecified atom stereocenters. The lowest BCUT2D eigenvalue weighted by Crippen LogP contribution is -2.36. The quantitative estimate of drug-likeness (QED) is 0.470. The van der Waals surface area contributed by atoms with E-state index in [2.05, 4.69) is 24.5 Å². The standard InChI is InChI=1S/C14H31N3O3/c1-5-17(4)12-14(18)16-7-9-20-11-10-19-8-6-15-13(2)3/h13,15H,5-12H2,1-4H3,(H,16,18). The van der Waals surface area contributed by atoms with E-state index in [1.165, 1.54) is 0 Å². The maximum Gasteiger partial charge on any atom is 0.234 e. The van der Waals surface area contributed by atoms with Crippen LogP contribution in [0.4, 0.5) is 0 Å². The van der Waals surface area contributed by atoms with Crippen LogP contribution in [0.25, 0.3) is 0 Å². The predicted octanol–water partition coefficient (Wildman–Crippen LogP) is 0.0855. The fraction of sp³-hybridized carbons (Fsp3) is 0.929. The number of carbonyl (C=O) groups excluding carboxylic acids is 1. The first kappa shape index (κ1) is 19.3. The van der Waals surface area contributed by atoms with Crippen molar-refractivity contribution in [3.05, 3.63) is 0 Å². The highest BCUT2D eigenvalue weighted by Gasteiger charge is 2.03. The number of rotatable bonds is 13. The van der Waals surface area contributed by atoms with E-state index in [0.29, 0.717) is 45.6 Å². The van der Waals surface area contributed by atoms with E-state index in [0.717, 1.165) is 13.1 Å². The van der Waals surface area contributed by atoms with Crippen LogP contribution >= 0.6 is 0 Å². The van der Waals surface area contributed by atoms with Crippen molar-refractivity contribution < 1.29 is 14.3 Å². The zero-order valence-electron chi connectivity index (χ0n) is 13.4. The second-order valence-electron chi connectivity index (χ2n) is 5.01. The van der Waals surface area contributed by atoms with Gasteiger partial charge in [0.25, 0.3) is 0 Å². The van der Waals surface area contributed by atoms with Crippen LogP contribution in [0.3, 0.4) is 0 Å². The molecule has 0 fully saturated rings. The van der Waals surface area contributed by atoms with Gasteiger partial charge >= 0.3 is 0 Å². The van der Waals surface area contributed by atoms with Gasteiger partial charge in [0.1, 0.15) is 0 Å². The minimum absolute atomic E-state index is 0.0361. The molecular weight excluding hydrogens is 258 g/mol. The van der Waals surface area contributed by atoms with E-state index in [1.54, 1.807) is 0 Å². The molecular formula is C14H31N3O3. The summed E-state index contributed by atoms with van der Waals surface area (Å²) in [4.78, 5) is 13.4. The molecule has 0 spiro atoms. The Morgan fingerprint density at radius 3 is 2.25 bits per heavy atom. The summed E-state index contributed by atoms with van der Waals surface area (Å²) in [5.41, 5.74) is 0. The van der Waals surface area contributed by atoms with Crippen LogP contribution in [0.2, 0.25) is 0 Å². The molecule has 20 heavy (non-hydrogen) atoms. The van der Waals surface area contributed by atoms with Gasteiger partial charge in [-0.1, -0.05) is 20.8 Å². The Balaban J connectivity index is 3.18. The van der Waals surface area contributed by atoms with Gasteiger partial charge in [-0.15, -0.1) is 0 Å². The summed E-state index contributed by atoms with van der Waals surface area (Å²) >= 11 is 0. The largest absolute Gasteiger partial charge is 0.378 e. The highest BCUT2D eigenvalue weighted by molar-refractivity contribution is 5.77.